The smallest absolute Gasteiger partial charge is 0.276 e. The van der Waals surface area contributed by atoms with Gasteiger partial charge in [0, 0.05) is 9.50 Å². The first kappa shape index (κ1) is 25.9. The van der Waals surface area contributed by atoms with E-state index in [4.69, 9.17) is 33.3 Å². The molecule has 32 heavy (non-hydrogen) atoms. The Bertz CT molecular complexity index is 994. The Hall–Kier alpha value is -2.36. The van der Waals surface area contributed by atoms with E-state index in [0.29, 0.717) is 34.6 Å². The highest BCUT2D eigenvalue weighted by Gasteiger charge is 2.16. The number of hydrogen-bond acceptors (Lipinski definition) is 5. The summed E-state index contributed by atoms with van der Waals surface area (Å²) < 4.78 is 11.9. The summed E-state index contributed by atoms with van der Waals surface area (Å²) in [4.78, 5) is 24.7. The fourth-order valence-corrected chi connectivity index (χ4v) is 3.18. The summed E-state index contributed by atoms with van der Waals surface area (Å²) in [5.41, 5.74) is 6.88. The van der Waals surface area contributed by atoms with Crippen molar-refractivity contribution < 1.29 is 19.1 Å². The van der Waals surface area contributed by atoms with Gasteiger partial charge < -0.3 is 9.47 Å². The first-order valence-electron chi connectivity index (χ1n) is 9.79. The minimum absolute atomic E-state index is 0.0729. The van der Waals surface area contributed by atoms with Crippen molar-refractivity contribution in [3.05, 3.63) is 56.5 Å². The number of aryl methyl sites for hydroxylation is 2. The van der Waals surface area contributed by atoms with E-state index in [-0.39, 0.29) is 11.7 Å². The van der Waals surface area contributed by atoms with Gasteiger partial charge in [0.25, 0.3) is 11.8 Å². The van der Waals surface area contributed by atoms with Crippen LogP contribution in [-0.4, -0.2) is 30.1 Å². The van der Waals surface area contributed by atoms with E-state index in [1.807, 2.05) is 27.7 Å². The molecule has 10 heteroatoms. The molecule has 2 aromatic carbocycles. The second-order valence-corrected chi connectivity index (χ2v) is 9.16. The van der Waals surface area contributed by atoms with Crippen LogP contribution in [0.2, 0.25) is 5.02 Å². The maximum Gasteiger partial charge on any atom is 0.276 e. The minimum Gasteiger partial charge on any atom is -0.492 e. The second kappa shape index (κ2) is 12.0. The molecule has 0 fully saturated rings. The van der Waals surface area contributed by atoms with E-state index >= 15 is 0 Å². The lowest BCUT2D eigenvalue weighted by Crippen LogP contribution is -2.49. The summed E-state index contributed by atoms with van der Waals surface area (Å²) in [6.07, 6.45) is 0. The number of thiocarbonyl (C=S) groups is 1. The van der Waals surface area contributed by atoms with Crippen molar-refractivity contribution in [1.82, 2.24) is 16.2 Å². The molecular formula is C22H25BrClN3O4S. The predicted octanol–water partition coefficient (Wildman–Crippen LogP) is 4.47. The third-order valence-electron chi connectivity index (χ3n) is 4.08. The number of ether oxygens (including phenoxy) is 2. The van der Waals surface area contributed by atoms with Crippen LogP contribution in [0, 0.1) is 19.8 Å². The first-order valence-corrected chi connectivity index (χ1v) is 11.4. The number of carbonyl (C=O) groups is 2. The largest absolute Gasteiger partial charge is 0.492 e. The van der Waals surface area contributed by atoms with Crippen molar-refractivity contribution >= 4 is 56.7 Å². The van der Waals surface area contributed by atoms with Gasteiger partial charge in [-0.2, -0.15) is 0 Å². The van der Waals surface area contributed by atoms with Crippen LogP contribution in [-0.2, 0) is 4.79 Å². The molecule has 3 N–H and O–H groups in total. The zero-order chi connectivity index (χ0) is 23.8. The number of hydrogen-bond donors (Lipinski definition) is 3. The second-order valence-electron chi connectivity index (χ2n) is 7.46. The van der Waals surface area contributed by atoms with Crippen LogP contribution in [0.5, 0.6) is 11.5 Å². The molecule has 0 saturated heterocycles. The number of benzene rings is 2. The molecule has 0 atom stereocenters. The maximum atomic E-state index is 12.6. The quantitative estimate of drug-likeness (QED) is 0.353. The van der Waals surface area contributed by atoms with Crippen molar-refractivity contribution in [2.45, 2.75) is 27.7 Å². The Morgan fingerprint density at radius 1 is 1.09 bits per heavy atom. The number of halogens is 2. The van der Waals surface area contributed by atoms with Crippen LogP contribution in [0.3, 0.4) is 0 Å². The average molecular weight is 543 g/mol. The zero-order valence-corrected chi connectivity index (χ0v) is 21.3. The lowest BCUT2D eigenvalue weighted by atomic mass is 10.1. The van der Waals surface area contributed by atoms with E-state index in [1.54, 1.807) is 30.3 Å². The van der Waals surface area contributed by atoms with Gasteiger partial charge in [-0.05, 0) is 73.4 Å². The molecule has 2 amide bonds. The molecule has 0 heterocycles. The SMILES string of the molecule is Cc1cc(OCC(=O)NNC(=S)NC(=O)c2cc(Br)ccc2OCC(C)C)cc(C)c1Cl. The molecule has 172 valence electrons. The Kier molecular flexibility index (Phi) is 9.74. The van der Waals surface area contributed by atoms with Crippen LogP contribution in [0.15, 0.2) is 34.8 Å². The molecule has 0 bridgehead atoms. The molecule has 0 spiro atoms. The van der Waals surface area contributed by atoms with Gasteiger partial charge in [-0.15, -0.1) is 0 Å². The number of hydrazine groups is 1. The molecule has 0 aliphatic heterocycles. The van der Waals surface area contributed by atoms with E-state index in [2.05, 4.69) is 32.1 Å². The summed E-state index contributed by atoms with van der Waals surface area (Å²) in [5.74, 6) is 0.318. The lowest BCUT2D eigenvalue weighted by Gasteiger charge is -2.15. The van der Waals surface area contributed by atoms with Crippen molar-refractivity contribution in [1.29, 1.82) is 0 Å². The van der Waals surface area contributed by atoms with Gasteiger partial charge in [-0.1, -0.05) is 41.4 Å². The highest BCUT2D eigenvalue weighted by molar-refractivity contribution is 9.10. The molecule has 0 saturated carbocycles. The van der Waals surface area contributed by atoms with Crippen molar-refractivity contribution in [2.75, 3.05) is 13.2 Å². The monoisotopic (exact) mass is 541 g/mol. The Morgan fingerprint density at radius 2 is 1.75 bits per heavy atom. The molecule has 2 aromatic rings. The van der Waals surface area contributed by atoms with Gasteiger partial charge in [0.2, 0.25) is 0 Å². The molecule has 0 unspecified atom stereocenters. The topological polar surface area (TPSA) is 88.7 Å². The maximum absolute atomic E-state index is 12.6. The van der Waals surface area contributed by atoms with E-state index in [0.717, 1.165) is 15.6 Å². The van der Waals surface area contributed by atoms with Crippen molar-refractivity contribution in [2.24, 2.45) is 5.92 Å². The fraction of sp³-hybridized carbons (Fsp3) is 0.318. The van der Waals surface area contributed by atoms with Gasteiger partial charge >= 0.3 is 0 Å². The highest BCUT2D eigenvalue weighted by atomic mass is 79.9. The lowest BCUT2D eigenvalue weighted by molar-refractivity contribution is -0.123. The summed E-state index contributed by atoms with van der Waals surface area (Å²) in [6, 6.07) is 8.62. The van der Waals surface area contributed by atoms with Crippen molar-refractivity contribution in [3.63, 3.8) is 0 Å². The number of rotatable bonds is 7. The Balaban J connectivity index is 1.87. The zero-order valence-electron chi connectivity index (χ0n) is 18.2. The van der Waals surface area contributed by atoms with Gasteiger partial charge in [-0.3, -0.25) is 25.8 Å². The van der Waals surface area contributed by atoms with Gasteiger partial charge in [0.1, 0.15) is 11.5 Å². The third kappa shape index (κ3) is 7.96. The Labute approximate surface area is 206 Å². The molecule has 7 nitrogen and oxygen atoms in total. The first-order chi connectivity index (χ1) is 15.1. The fourth-order valence-electron chi connectivity index (χ4n) is 2.56. The number of amides is 2. The van der Waals surface area contributed by atoms with Gasteiger partial charge in [-0.25, -0.2) is 0 Å². The normalized spacial score (nSPS) is 10.5. The van der Waals surface area contributed by atoms with Crippen LogP contribution < -0.4 is 25.6 Å². The predicted molar refractivity (Wildman–Crippen MR) is 132 cm³/mol. The highest BCUT2D eigenvalue weighted by Crippen LogP contribution is 2.26. The molecule has 0 aromatic heterocycles. The molecule has 0 radical (unpaired) electrons. The number of carbonyl (C=O) groups excluding carboxylic acids is 2. The summed E-state index contributed by atoms with van der Waals surface area (Å²) >= 11 is 14.6. The van der Waals surface area contributed by atoms with E-state index in [9.17, 15) is 9.59 Å². The van der Waals surface area contributed by atoms with E-state index in [1.165, 1.54) is 0 Å². The summed E-state index contributed by atoms with van der Waals surface area (Å²) in [7, 11) is 0. The van der Waals surface area contributed by atoms with Crippen LogP contribution >= 0.6 is 39.7 Å². The van der Waals surface area contributed by atoms with Crippen molar-refractivity contribution in [3.8, 4) is 11.5 Å². The molecule has 0 aliphatic rings. The average Bonchev–Trinajstić information content (AvgIpc) is 2.73. The Morgan fingerprint density at radius 3 is 2.38 bits per heavy atom. The molecule has 0 aliphatic carbocycles. The summed E-state index contributed by atoms with van der Waals surface area (Å²) in [6.45, 7) is 7.96. The third-order valence-corrected chi connectivity index (χ3v) is 5.37. The number of nitrogens with one attached hydrogen (secondary N) is 3. The van der Waals surface area contributed by atoms with Gasteiger partial charge in [0.15, 0.2) is 11.7 Å². The van der Waals surface area contributed by atoms with E-state index < -0.39 is 11.8 Å². The standard InChI is InChI=1S/C22H25BrClN3O4S/c1-12(2)10-31-18-6-5-15(23)9-17(18)21(29)25-22(32)27-26-19(28)11-30-16-7-13(3)20(24)14(4)8-16/h5-9,12H,10-11H2,1-4H3,(H,26,28)(H2,25,27,29,32). The molecular weight excluding hydrogens is 518 g/mol. The minimum atomic E-state index is -0.477. The van der Waals surface area contributed by atoms with Gasteiger partial charge in [0.05, 0.1) is 12.2 Å². The summed E-state index contributed by atoms with van der Waals surface area (Å²) in [5, 5.41) is 3.10. The van der Waals surface area contributed by atoms with Crippen LogP contribution in [0.1, 0.15) is 35.3 Å². The molecule has 2 rings (SSSR count). The van der Waals surface area contributed by atoms with Crippen LogP contribution in [0.4, 0.5) is 0 Å². The van der Waals surface area contributed by atoms with Crippen LogP contribution in [0.25, 0.3) is 0 Å².